The van der Waals surface area contributed by atoms with Crippen molar-refractivity contribution >= 4 is 41.5 Å². The number of nitrogens with zero attached hydrogens (tertiary/aromatic N) is 2. The van der Waals surface area contributed by atoms with Gasteiger partial charge >= 0.3 is 5.97 Å². The van der Waals surface area contributed by atoms with Crippen molar-refractivity contribution in [3.8, 4) is 0 Å². The first-order valence-electron chi connectivity index (χ1n) is 9.75. The number of para-hydroxylation sites is 1. The summed E-state index contributed by atoms with van der Waals surface area (Å²) < 4.78 is 0. The van der Waals surface area contributed by atoms with Gasteiger partial charge in [-0.3, -0.25) is 14.4 Å². The molecule has 0 aromatic heterocycles. The minimum atomic E-state index is -0.785. The molecule has 0 aliphatic carbocycles. The zero-order valence-corrected chi connectivity index (χ0v) is 16.2. The van der Waals surface area contributed by atoms with Crippen LogP contribution in [0.5, 0.6) is 0 Å². The minimum Gasteiger partial charge on any atom is -0.330 e. The summed E-state index contributed by atoms with van der Waals surface area (Å²) in [4.78, 5) is 54.8. The highest BCUT2D eigenvalue weighted by atomic mass is 16.7. The van der Waals surface area contributed by atoms with E-state index in [0.29, 0.717) is 11.6 Å². The monoisotopic (exact) mass is 404 g/mol. The number of carbonyl (C=O) groups is 4. The Hall–Kier alpha value is -3.74. The molecule has 0 unspecified atom stereocenters. The zero-order chi connectivity index (χ0) is 21.1. The molecule has 0 radical (unpaired) electrons. The van der Waals surface area contributed by atoms with E-state index in [4.69, 9.17) is 4.84 Å². The fraction of sp³-hybridized carbons (Fsp3) is 0.217. The number of hydroxylamine groups is 2. The second-order valence-electron chi connectivity index (χ2n) is 7.12. The Labute approximate surface area is 173 Å². The molecular weight excluding hydrogens is 384 g/mol. The molecule has 2 aromatic rings. The average molecular weight is 404 g/mol. The van der Waals surface area contributed by atoms with Gasteiger partial charge in [0.05, 0.1) is 18.7 Å². The van der Waals surface area contributed by atoms with Gasteiger partial charge in [-0.05, 0) is 22.8 Å². The van der Waals surface area contributed by atoms with Gasteiger partial charge in [0.25, 0.3) is 11.8 Å². The molecule has 30 heavy (non-hydrogen) atoms. The number of hydrogen-bond acceptors (Lipinski definition) is 5. The normalized spacial score (nSPS) is 16.4. The summed E-state index contributed by atoms with van der Waals surface area (Å²) >= 11 is 0. The smallest absolute Gasteiger partial charge is 0.330 e. The van der Waals surface area contributed by atoms with Crippen LogP contribution in [-0.4, -0.2) is 28.8 Å². The van der Waals surface area contributed by atoms with Crippen LogP contribution in [-0.2, 0) is 30.6 Å². The van der Waals surface area contributed by atoms with Crippen LogP contribution < -0.4 is 4.90 Å². The van der Waals surface area contributed by atoms with Gasteiger partial charge < -0.3 is 9.74 Å². The third-order valence-electron chi connectivity index (χ3n) is 5.10. The Morgan fingerprint density at radius 2 is 1.47 bits per heavy atom. The van der Waals surface area contributed by atoms with Crippen molar-refractivity contribution in [3.63, 3.8) is 0 Å². The summed E-state index contributed by atoms with van der Waals surface area (Å²) in [6, 6.07) is 15.4. The fourth-order valence-electron chi connectivity index (χ4n) is 3.52. The van der Waals surface area contributed by atoms with E-state index in [-0.39, 0.29) is 31.6 Å². The summed E-state index contributed by atoms with van der Waals surface area (Å²) in [7, 11) is 0. The molecule has 3 amide bonds. The number of hydrogen-bond donors (Lipinski definition) is 0. The first kappa shape index (κ1) is 19.6. The number of benzene rings is 2. The Morgan fingerprint density at radius 3 is 2.23 bits per heavy atom. The predicted octanol–water partition coefficient (Wildman–Crippen LogP) is 3.09. The minimum absolute atomic E-state index is 0.0303. The van der Waals surface area contributed by atoms with Crippen molar-refractivity contribution in [2.45, 2.75) is 32.2 Å². The van der Waals surface area contributed by atoms with E-state index < -0.39 is 17.8 Å². The van der Waals surface area contributed by atoms with Gasteiger partial charge in [-0.1, -0.05) is 54.6 Å². The summed E-state index contributed by atoms with van der Waals surface area (Å²) in [5.41, 5.74) is 3.67. The molecule has 2 aliphatic rings. The molecular formula is C23H20N2O5. The van der Waals surface area contributed by atoms with E-state index in [0.717, 1.165) is 22.4 Å². The van der Waals surface area contributed by atoms with Crippen LogP contribution in [0.3, 0.4) is 0 Å². The highest BCUT2D eigenvalue weighted by Crippen LogP contribution is 2.29. The summed E-state index contributed by atoms with van der Waals surface area (Å²) in [6.45, 7) is 0.370. The van der Waals surface area contributed by atoms with Gasteiger partial charge in [0, 0.05) is 19.3 Å². The third-order valence-corrected chi connectivity index (χ3v) is 5.10. The Morgan fingerprint density at radius 1 is 0.833 bits per heavy atom. The molecule has 2 aromatic carbocycles. The van der Waals surface area contributed by atoms with Gasteiger partial charge in [-0.25, -0.2) is 4.79 Å². The summed E-state index contributed by atoms with van der Waals surface area (Å²) in [5.74, 6) is -2.11. The second-order valence-corrected chi connectivity index (χ2v) is 7.12. The zero-order valence-electron chi connectivity index (χ0n) is 16.2. The maximum atomic E-state index is 13.1. The highest BCUT2D eigenvalue weighted by Gasteiger charge is 2.33. The van der Waals surface area contributed by atoms with Gasteiger partial charge in [0.1, 0.15) is 0 Å². The molecule has 1 fully saturated rings. The molecule has 0 N–H and O–H groups in total. The standard InChI is InChI=1S/C23H20N2O5/c26-20(13-14-23(29)30-25-21(27)11-12-22(25)28)24-15-18-7-2-1-5-16(18)9-10-17-6-3-4-8-19(17)24/h1-10H,11-15H2/b10-9-. The van der Waals surface area contributed by atoms with Crippen LogP contribution in [0.1, 0.15) is 42.4 Å². The topological polar surface area (TPSA) is 84.0 Å². The van der Waals surface area contributed by atoms with Crippen molar-refractivity contribution in [1.29, 1.82) is 0 Å². The Kier molecular flexibility index (Phi) is 5.43. The summed E-state index contributed by atoms with van der Waals surface area (Å²) in [5, 5.41) is 0.499. The molecule has 2 heterocycles. The number of fused-ring (bicyclic) bond motifs is 2. The Balaban J connectivity index is 1.50. The maximum absolute atomic E-state index is 13.1. The molecule has 7 heteroatoms. The lowest BCUT2D eigenvalue weighted by Gasteiger charge is -2.27. The SMILES string of the molecule is O=C(CCC(=O)N1Cc2ccccc2/C=C\c2ccccc21)ON1C(=O)CCC1=O. The van der Waals surface area contributed by atoms with E-state index in [1.807, 2.05) is 60.7 Å². The molecule has 1 saturated heterocycles. The van der Waals surface area contributed by atoms with Gasteiger partial charge in [0.2, 0.25) is 5.91 Å². The van der Waals surface area contributed by atoms with E-state index in [2.05, 4.69) is 0 Å². The van der Waals surface area contributed by atoms with Gasteiger partial charge in [-0.2, -0.15) is 0 Å². The first-order valence-corrected chi connectivity index (χ1v) is 9.75. The van der Waals surface area contributed by atoms with Gasteiger partial charge in [-0.15, -0.1) is 5.06 Å². The first-order chi connectivity index (χ1) is 14.5. The quantitative estimate of drug-likeness (QED) is 0.731. The Bertz CT molecular complexity index is 1040. The van der Waals surface area contributed by atoms with Crippen LogP contribution in [0.15, 0.2) is 48.5 Å². The molecule has 152 valence electrons. The van der Waals surface area contributed by atoms with Crippen molar-refractivity contribution in [1.82, 2.24) is 5.06 Å². The lowest BCUT2D eigenvalue weighted by molar-refractivity contribution is -0.197. The fourth-order valence-corrected chi connectivity index (χ4v) is 3.52. The highest BCUT2D eigenvalue weighted by molar-refractivity contribution is 6.02. The van der Waals surface area contributed by atoms with Gasteiger partial charge in [0.15, 0.2) is 0 Å². The van der Waals surface area contributed by atoms with E-state index in [1.165, 1.54) is 0 Å². The van der Waals surface area contributed by atoms with Crippen LogP contribution in [0.4, 0.5) is 5.69 Å². The molecule has 0 atom stereocenters. The van der Waals surface area contributed by atoms with E-state index >= 15 is 0 Å². The number of carbonyl (C=O) groups excluding carboxylic acids is 4. The third kappa shape index (κ3) is 4.00. The average Bonchev–Trinajstić information content (AvgIpc) is 3.05. The second kappa shape index (κ2) is 8.32. The molecule has 7 nitrogen and oxygen atoms in total. The van der Waals surface area contributed by atoms with Crippen LogP contribution in [0.25, 0.3) is 12.2 Å². The van der Waals surface area contributed by atoms with Crippen LogP contribution in [0, 0.1) is 0 Å². The van der Waals surface area contributed by atoms with E-state index in [1.54, 1.807) is 4.90 Å². The number of imide groups is 1. The van der Waals surface area contributed by atoms with Crippen LogP contribution in [0.2, 0.25) is 0 Å². The van der Waals surface area contributed by atoms with Crippen molar-refractivity contribution in [3.05, 3.63) is 65.2 Å². The van der Waals surface area contributed by atoms with Crippen molar-refractivity contribution in [2.75, 3.05) is 4.90 Å². The molecule has 2 aliphatic heterocycles. The van der Waals surface area contributed by atoms with Crippen LogP contribution >= 0.6 is 0 Å². The predicted molar refractivity (Wildman–Crippen MR) is 109 cm³/mol. The molecule has 0 bridgehead atoms. The lowest BCUT2D eigenvalue weighted by Crippen LogP contribution is -2.34. The summed E-state index contributed by atoms with van der Waals surface area (Å²) in [6.07, 6.45) is 3.72. The number of rotatable bonds is 4. The number of anilines is 1. The molecule has 0 saturated carbocycles. The van der Waals surface area contributed by atoms with E-state index in [9.17, 15) is 19.2 Å². The van der Waals surface area contributed by atoms with Crippen molar-refractivity contribution in [2.24, 2.45) is 0 Å². The largest absolute Gasteiger partial charge is 0.333 e. The van der Waals surface area contributed by atoms with Crippen molar-refractivity contribution < 1.29 is 24.0 Å². The molecule has 4 rings (SSSR count). The maximum Gasteiger partial charge on any atom is 0.333 e. The molecule has 0 spiro atoms. The number of amides is 3. The lowest BCUT2D eigenvalue weighted by atomic mass is 10.0.